The molecule has 0 unspecified atom stereocenters. The van der Waals surface area contributed by atoms with E-state index < -0.39 is 0 Å². The minimum atomic E-state index is 0.352. The van der Waals surface area contributed by atoms with Crippen molar-refractivity contribution in [3.05, 3.63) is 46.7 Å². The van der Waals surface area contributed by atoms with Gasteiger partial charge in [-0.1, -0.05) is 19.4 Å². The summed E-state index contributed by atoms with van der Waals surface area (Å²) in [5, 5.41) is 1.34. The van der Waals surface area contributed by atoms with E-state index in [0.29, 0.717) is 12.2 Å². The molecule has 1 aromatic heterocycles. The zero-order valence-corrected chi connectivity index (χ0v) is 15.1. The molecule has 3 heterocycles. The van der Waals surface area contributed by atoms with Crippen molar-refractivity contribution >= 4 is 16.5 Å². The van der Waals surface area contributed by atoms with E-state index in [1.165, 1.54) is 53.3 Å². The molecular formula is C22H27NO. The molecule has 24 heavy (non-hydrogen) atoms. The van der Waals surface area contributed by atoms with E-state index in [1.807, 2.05) is 0 Å². The van der Waals surface area contributed by atoms with Gasteiger partial charge in [-0.15, -0.1) is 0 Å². The topological polar surface area (TPSA) is 22.1 Å². The molecule has 2 heteroatoms. The SMILES string of the molecule is CCCCc1cc(C)nc2ccc(C3=C(C)[C@@H]4CC[C@H](C3)O4)cc12. The molecule has 1 fully saturated rings. The Morgan fingerprint density at radius 2 is 2.04 bits per heavy atom. The van der Waals surface area contributed by atoms with E-state index in [4.69, 9.17) is 9.72 Å². The fourth-order valence-corrected chi connectivity index (χ4v) is 4.31. The van der Waals surface area contributed by atoms with Crippen molar-refractivity contribution in [2.75, 3.05) is 0 Å². The van der Waals surface area contributed by atoms with E-state index in [9.17, 15) is 0 Å². The van der Waals surface area contributed by atoms with Gasteiger partial charge in [-0.3, -0.25) is 4.98 Å². The third-order valence-electron chi connectivity index (χ3n) is 5.67. The highest BCUT2D eigenvalue weighted by molar-refractivity contribution is 5.87. The highest BCUT2D eigenvalue weighted by Crippen LogP contribution is 2.41. The summed E-state index contributed by atoms with van der Waals surface area (Å²) in [6, 6.07) is 9.14. The predicted octanol–water partition coefficient (Wildman–Crippen LogP) is 5.61. The predicted molar refractivity (Wildman–Crippen MR) is 100 cm³/mol. The summed E-state index contributed by atoms with van der Waals surface area (Å²) in [5.74, 6) is 0. The first-order valence-corrected chi connectivity index (χ1v) is 9.41. The highest BCUT2D eigenvalue weighted by atomic mass is 16.5. The molecule has 0 saturated carbocycles. The monoisotopic (exact) mass is 321 g/mol. The van der Waals surface area contributed by atoms with Crippen LogP contribution in [0.1, 0.15) is 62.8 Å². The van der Waals surface area contributed by atoms with Crippen molar-refractivity contribution in [1.29, 1.82) is 0 Å². The standard InChI is InChI=1S/C22H27NO/c1-4-5-6-16-11-14(2)23-21-9-7-17(12-20(16)21)19-13-18-8-10-22(24-18)15(19)3/h7,9,11-12,18,22H,4-6,8,10,13H2,1-3H3/t18-,22+/m1/s1. The Morgan fingerprint density at radius 3 is 2.88 bits per heavy atom. The van der Waals surface area contributed by atoms with Crippen molar-refractivity contribution in [1.82, 2.24) is 4.98 Å². The maximum atomic E-state index is 6.07. The van der Waals surface area contributed by atoms with Gasteiger partial charge >= 0.3 is 0 Å². The molecule has 2 aromatic rings. The van der Waals surface area contributed by atoms with Crippen molar-refractivity contribution in [3.63, 3.8) is 0 Å². The Morgan fingerprint density at radius 1 is 1.17 bits per heavy atom. The average Bonchev–Trinajstić information content (AvgIpc) is 2.99. The summed E-state index contributed by atoms with van der Waals surface area (Å²) in [7, 11) is 0. The van der Waals surface area contributed by atoms with Gasteiger partial charge in [0.2, 0.25) is 0 Å². The molecule has 2 aliphatic heterocycles. The van der Waals surface area contributed by atoms with E-state index in [-0.39, 0.29) is 0 Å². The number of pyridine rings is 1. The lowest BCUT2D eigenvalue weighted by Gasteiger charge is -2.25. The Bertz CT molecular complexity index is 805. The quantitative estimate of drug-likeness (QED) is 0.730. The average molecular weight is 321 g/mol. The molecule has 126 valence electrons. The smallest absolute Gasteiger partial charge is 0.0793 e. The second-order valence-corrected chi connectivity index (χ2v) is 7.45. The summed E-state index contributed by atoms with van der Waals surface area (Å²) >= 11 is 0. The molecule has 0 N–H and O–H groups in total. The number of ether oxygens (including phenoxy) is 1. The number of nitrogens with zero attached hydrogens (tertiary/aromatic N) is 1. The van der Waals surface area contributed by atoms with Crippen LogP contribution >= 0.6 is 0 Å². The molecule has 0 radical (unpaired) electrons. The van der Waals surface area contributed by atoms with Gasteiger partial charge < -0.3 is 4.74 Å². The van der Waals surface area contributed by atoms with E-state index in [0.717, 1.165) is 24.1 Å². The Labute approximate surface area is 144 Å². The Kier molecular flexibility index (Phi) is 4.17. The number of hydrogen-bond acceptors (Lipinski definition) is 2. The van der Waals surface area contributed by atoms with Crippen LogP contribution in [0.3, 0.4) is 0 Å². The summed E-state index contributed by atoms with van der Waals surface area (Å²) in [5.41, 5.74) is 8.05. The Hall–Kier alpha value is -1.67. The number of aromatic nitrogens is 1. The largest absolute Gasteiger partial charge is 0.370 e. The van der Waals surface area contributed by atoms with Crippen LogP contribution in [0.25, 0.3) is 16.5 Å². The molecule has 4 rings (SSSR count). The van der Waals surface area contributed by atoms with Crippen LogP contribution < -0.4 is 0 Å². The third-order valence-corrected chi connectivity index (χ3v) is 5.67. The van der Waals surface area contributed by atoms with Crippen molar-refractivity contribution in [2.45, 2.75) is 71.5 Å². The number of fused-ring (bicyclic) bond motifs is 3. The molecule has 0 spiro atoms. The first-order valence-electron chi connectivity index (χ1n) is 9.41. The molecule has 1 aromatic carbocycles. The lowest BCUT2D eigenvalue weighted by atomic mass is 9.91. The molecule has 2 aliphatic rings. The fourth-order valence-electron chi connectivity index (χ4n) is 4.31. The van der Waals surface area contributed by atoms with Gasteiger partial charge in [0.15, 0.2) is 0 Å². The van der Waals surface area contributed by atoms with Gasteiger partial charge in [-0.05, 0) is 86.4 Å². The van der Waals surface area contributed by atoms with Crippen molar-refractivity contribution < 1.29 is 4.74 Å². The zero-order chi connectivity index (χ0) is 16.7. The van der Waals surface area contributed by atoms with Crippen LogP contribution in [0, 0.1) is 6.92 Å². The Balaban J connectivity index is 1.80. The van der Waals surface area contributed by atoms with Crippen molar-refractivity contribution in [3.8, 4) is 0 Å². The van der Waals surface area contributed by atoms with Crippen LogP contribution in [0.15, 0.2) is 29.8 Å². The maximum absolute atomic E-state index is 6.07. The van der Waals surface area contributed by atoms with E-state index in [1.54, 1.807) is 0 Å². The van der Waals surface area contributed by atoms with Gasteiger partial charge in [0.1, 0.15) is 0 Å². The van der Waals surface area contributed by atoms with Crippen LogP contribution in [0.4, 0.5) is 0 Å². The summed E-state index contributed by atoms with van der Waals surface area (Å²) in [6.07, 6.45) is 7.86. The minimum Gasteiger partial charge on any atom is -0.370 e. The van der Waals surface area contributed by atoms with Crippen LogP contribution in [0.2, 0.25) is 0 Å². The fraction of sp³-hybridized carbons (Fsp3) is 0.500. The van der Waals surface area contributed by atoms with E-state index >= 15 is 0 Å². The second kappa shape index (κ2) is 6.33. The van der Waals surface area contributed by atoms with Crippen LogP contribution in [-0.2, 0) is 11.2 Å². The summed E-state index contributed by atoms with van der Waals surface area (Å²) in [4.78, 5) is 4.75. The van der Waals surface area contributed by atoms with Gasteiger partial charge in [-0.2, -0.15) is 0 Å². The first kappa shape index (κ1) is 15.8. The molecular weight excluding hydrogens is 294 g/mol. The van der Waals surface area contributed by atoms with Crippen molar-refractivity contribution in [2.24, 2.45) is 0 Å². The lowest BCUT2D eigenvalue weighted by Crippen LogP contribution is -2.19. The highest BCUT2D eigenvalue weighted by Gasteiger charge is 2.33. The molecule has 0 amide bonds. The normalized spacial score (nSPS) is 23.3. The van der Waals surface area contributed by atoms with Crippen LogP contribution in [-0.4, -0.2) is 17.2 Å². The third kappa shape index (κ3) is 2.77. The summed E-state index contributed by atoms with van der Waals surface area (Å²) in [6.45, 7) is 6.62. The number of hydrogen-bond donors (Lipinski definition) is 0. The molecule has 2 atom stereocenters. The second-order valence-electron chi connectivity index (χ2n) is 7.45. The van der Waals surface area contributed by atoms with Gasteiger partial charge in [-0.25, -0.2) is 0 Å². The molecule has 1 saturated heterocycles. The number of benzene rings is 1. The summed E-state index contributed by atoms with van der Waals surface area (Å²) < 4.78 is 6.07. The first-order chi connectivity index (χ1) is 11.7. The molecule has 0 aliphatic carbocycles. The lowest BCUT2D eigenvalue weighted by molar-refractivity contribution is 0.0599. The number of rotatable bonds is 4. The van der Waals surface area contributed by atoms with Gasteiger partial charge in [0, 0.05) is 11.1 Å². The van der Waals surface area contributed by atoms with E-state index in [2.05, 4.69) is 45.0 Å². The zero-order valence-electron chi connectivity index (χ0n) is 15.1. The molecule has 2 bridgehead atoms. The maximum Gasteiger partial charge on any atom is 0.0793 e. The van der Waals surface area contributed by atoms with Crippen LogP contribution in [0.5, 0.6) is 0 Å². The van der Waals surface area contributed by atoms with Gasteiger partial charge in [0.25, 0.3) is 0 Å². The number of unbranched alkanes of at least 4 members (excludes halogenated alkanes) is 1. The minimum absolute atomic E-state index is 0.352. The molecule has 2 nitrogen and oxygen atoms in total. The van der Waals surface area contributed by atoms with Gasteiger partial charge in [0.05, 0.1) is 17.7 Å². The number of aryl methyl sites for hydroxylation is 2.